The van der Waals surface area contributed by atoms with Gasteiger partial charge < -0.3 is 10.6 Å². The maximum Gasteiger partial charge on any atom is 0.234 e. The van der Waals surface area contributed by atoms with Crippen LogP contribution < -0.4 is 10.6 Å². The number of rotatable bonds is 7. The quantitative estimate of drug-likeness (QED) is 0.735. The van der Waals surface area contributed by atoms with Crippen molar-refractivity contribution in [2.45, 2.75) is 70.5 Å². The standard InChI is InChI=1S/C15H29N3O/c1-3-12(2)17-15(19)11-18(14-7-8-14)10-13-6-4-5-9-16-13/h12-14,16H,3-11H2,1-2H3,(H,17,19). The van der Waals surface area contributed by atoms with Crippen LogP contribution in [0.2, 0.25) is 0 Å². The molecule has 1 amide bonds. The van der Waals surface area contributed by atoms with Crippen LogP contribution in [0.5, 0.6) is 0 Å². The van der Waals surface area contributed by atoms with E-state index in [4.69, 9.17) is 0 Å². The van der Waals surface area contributed by atoms with Crippen LogP contribution >= 0.6 is 0 Å². The van der Waals surface area contributed by atoms with Crippen LogP contribution in [0.1, 0.15) is 52.4 Å². The van der Waals surface area contributed by atoms with Gasteiger partial charge in [0.2, 0.25) is 5.91 Å². The molecule has 0 spiro atoms. The molecule has 1 saturated carbocycles. The molecule has 1 aliphatic carbocycles. The van der Waals surface area contributed by atoms with Crippen molar-refractivity contribution in [3.63, 3.8) is 0 Å². The third-order valence-electron chi connectivity index (χ3n) is 4.30. The molecule has 110 valence electrons. The number of amides is 1. The van der Waals surface area contributed by atoms with E-state index in [9.17, 15) is 4.79 Å². The molecule has 4 heteroatoms. The molecule has 2 rings (SSSR count). The van der Waals surface area contributed by atoms with Gasteiger partial charge in [0, 0.05) is 24.7 Å². The zero-order valence-corrected chi connectivity index (χ0v) is 12.5. The smallest absolute Gasteiger partial charge is 0.234 e. The highest BCUT2D eigenvalue weighted by atomic mass is 16.2. The normalized spacial score (nSPS) is 25.3. The van der Waals surface area contributed by atoms with E-state index in [0.717, 1.165) is 19.5 Å². The lowest BCUT2D eigenvalue weighted by atomic mass is 10.0. The second kappa shape index (κ2) is 7.25. The largest absolute Gasteiger partial charge is 0.353 e. The SMILES string of the molecule is CCC(C)NC(=O)CN(CC1CCCCN1)C1CC1. The van der Waals surface area contributed by atoms with Gasteiger partial charge in [0.15, 0.2) is 0 Å². The van der Waals surface area contributed by atoms with E-state index in [0.29, 0.717) is 24.7 Å². The predicted octanol–water partition coefficient (Wildman–Crippen LogP) is 1.51. The van der Waals surface area contributed by atoms with Crippen molar-refractivity contribution in [1.82, 2.24) is 15.5 Å². The zero-order chi connectivity index (χ0) is 13.7. The Morgan fingerprint density at radius 1 is 1.37 bits per heavy atom. The number of nitrogens with one attached hydrogen (secondary N) is 2. The van der Waals surface area contributed by atoms with Gasteiger partial charge in [-0.05, 0) is 45.6 Å². The van der Waals surface area contributed by atoms with Crippen molar-refractivity contribution in [2.24, 2.45) is 0 Å². The van der Waals surface area contributed by atoms with Crippen molar-refractivity contribution in [1.29, 1.82) is 0 Å². The molecule has 0 aromatic heterocycles. The van der Waals surface area contributed by atoms with Gasteiger partial charge >= 0.3 is 0 Å². The van der Waals surface area contributed by atoms with Crippen LogP contribution in [-0.4, -0.2) is 48.6 Å². The minimum atomic E-state index is 0.192. The number of carbonyl (C=O) groups is 1. The molecule has 0 aromatic rings. The second-order valence-corrected chi connectivity index (χ2v) is 6.18. The first-order valence-electron chi connectivity index (χ1n) is 7.95. The van der Waals surface area contributed by atoms with E-state index in [1.165, 1.54) is 32.1 Å². The number of nitrogens with zero attached hydrogens (tertiary/aromatic N) is 1. The molecule has 2 unspecified atom stereocenters. The fourth-order valence-electron chi connectivity index (χ4n) is 2.75. The van der Waals surface area contributed by atoms with Crippen LogP contribution in [0.25, 0.3) is 0 Å². The summed E-state index contributed by atoms with van der Waals surface area (Å²) in [6.45, 7) is 6.94. The summed E-state index contributed by atoms with van der Waals surface area (Å²) in [5.74, 6) is 0.192. The molecule has 4 nitrogen and oxygen atoms in total. The molecule has 1 heterocycles. The molecule has 2 atom stereocenters. The second-order valence-electron chi connectivity index (χ2n) is 6.18. The Morgan fingerprint density at radius 3 is 2.74 bits per heavy atom. The number of piperidine rings is 1. The Bertz CT molecular complexity index is 285. The predicted molar refractivity (Wildman–Crippen MR) is 78.1 cm³/mol. The highest BCUT2D eigenvalue weighted by Crippen LogP contribution is 2.27. The van der Waals surface area contributed by atoms with Crippen LogP contribution in [-0.2, 0) is 4.79 Å². The number of hydrogen-bond acceptors (Lipinski definition) is 3. The van der Waals surface area contributed by atoms with Gasteiger partial charge in [-0.2, -0.15) is 0 Å². The van der Waals surface area contributed by atoms with Crippen LogP contribution in [0, 0.1) is 0 Å². The maximum atomic E-state index is 12.0. The van der Waals surface area contributed by atoms with Gasteiger partial charge in [0.05, 0.1) is 6.54 Å². The first-order chi connectivity index (χ1) is 9.19. The Morgan fingerprint density at radius 2 is 2.16 bits per heavy atom. The highest BCUT2D eigenvalue weighted by molar-refractivity contribution is 5.78. The van der Waals surface area contributed by atoms with E-state index in [2.05, 4.69) is 29.4 Å². The summed E-state index contributed by atoms with van der Waals surface area (Å²) in [5, 5.41) is 6.66. The minimum Gasteiger partial charge on any atom is -0.353 e. The van der Waals surface area contributed by atoms with Crippen molar-refractivity contribution in [2.75, 3.05) is 19.6 Å². The Balaban J connectivity index is 1.77. The van der Waals surface area contributed by atoms with Gasteiger partial charge in [-0.25, -0.2) is 0 Å². The summed E-state index contributed by atoms with van der Waals surface area (Å²) < 4.78 is 0. The Labute approximate surface area is 117 Å². The van der Waals surface area contributed by atoms with Crippen LogP contribution in [0.3, 0.4) is 0 Å². The molecule has 0 aromatic carbocycles. The highest BCUT2D eigenvalue weighted by Gasteiger charge is 2.32. The van der Waals surface area contributed by atoms with Crippen LogP contribution in [0.4, 0.5) is 0 Å². The van der Waals surface area contributed by atoms with E-state index in [-0.39, 0.29) is 5.91 Å². The molecule has 1 saturated heterocycles. The van der Waals surface area contributed by atoms with E-state index >= 15 is 0 Å². The Hall–Kier alpha value is -0.610. The monoisotopic (exact) mass is 267 g/mol. The van der Waals surface area contributed by atoms with E-state index in [1.807, 2.05) is 0 Å². The third-order valence-corrected chi connectivity index (χ3v) is 4.30. The van der Waals surface area contributed by atoms with Crippen LogP contribution in [0.15, 0.2) is 0 Å². The average molecular weight is 267 g/mol. The van der Waals surface area contributed by atoms with Crippen molar-refractivity contribution < 1.29 is 4.79 Å². The van der Waals surface area contributed by atoms with Gasteiger partial charge in [0.25, 0.3) is 0 Å². The summed E-state index contributed by atoms with van der Waals surface area (Å²) in [6, 6.07) is 1.54. The summed E-state index contributed by atoms with van der Waals surface area (Å²) in [7, 11) is 0. The molecule has 0 radical (unpaired) electrons. The average Bonchev–Trinajstić information content (AvgIpc) is 3.23. The lowest BCUT2D eigenvalue weighted by Crippen LogP contribution is -2.48. The number of hydrogen-bond donors (Lipinski definition) is 2. The lowest BCUT2D eigenvalue weighted by molar-refractivity contribution is -0.123. The topological polar surface area (TPSA) is 44.4 Å². The van der Waals surface area contributed by atoms with Crippen molar-refractivity contribution >= 4 is 5.91 Å². The van der Waals surface area contributed by atoms with Gasteiger partial charge in [-0.15, -0.1) is 0 Å². The molecule has 2 N–H and O–H groups in total. The third kappa shape index (κ3) is 5.11. The Kier molecular flexibility index (Phi) is 5.64. The summed E-state index contributed by atoms with van der Waals surface area (Å²) in [5.41, 5.74) is 0. The van der Waals surface area contributed by atoms with Crippen molar-refractivity contribution in [3.05, 3.63) is 0 Å². The molecule has 1 aliphatic heterocycles. The summed E-state index contributed by atoms with van der Waals surface area (Å²) in [6.07, 6.45) is 7.42. The van der Waals surface area contributed by atoms with Gasteiger partial charge in [-0.1, -0.05) is 13.3 Å². The molecule has 0 bridgehead atoms. The molecule has 19 heavy (non-hydrogen) atoms. The molecule has 2 fully saturated rings. The van der Waals surface area contributed by atoms with E-state index in [1.54, 1.807) is 0 Å². The first-order valence-corrected chi connectivity index (χ1v) is 7.95. The summed E-state index contributed by atoms with van der Waals surface area (Å²) >= 11 is 0. The molecular weight excluding hydrogens is 238 g/mol. The van der Waals surface area contributed by atoms with E-state index < -0.39 is 0 Å². The fourth-order valence-corrected chi connectivity index (χ4v) is 2.75. The maximum absolute atomic E-state index is 12.0. The van der Waals surface area contributed by atoms with Crippen molar-refractivity contribution in [3.8, 4) is 0 Å². The minimum absolute atomic E-state index is 0.192. The number of carbonyl (C=O) groups excluding carboxylic acids is 1. The zero-order valence-electron chi connectivity index (χ0n) is 12.5. The molecular formula is C15H29N3O. The van der Waals surface area contributed by atoms with Gasteiger partial charge in [-0.3, -0.25) is 9.69 Å². The fraction of sp³-hybridized carbons (Fsp3) is 0.933. The van der Waals surface area contributed by atoms with Gasteiger partial charge in [0.1, 0.15) is 0 Å². The lowest BCUT2D eigenvalue weighted by Gasteiger charge is -2.30. The summed E-state index contributed by atoms with van der Waals surface area (Å²) in [4.78, 5) is 14.4. The first kappa shape index (κ1) is 14.8. The molecule has 2 aliphatic rings.